The molecular weight excluding hydrogens is 196 g/mol. The van der Waals surface area contributed by atoms with Gasteiger partial charge in [-0.05, 0) is 70.1 Å². The number of rotatable bonds is 3. The maximum Gasteiger partial charge on any atom is 0.00384 e. The van der Waals surface area contributed by atoms with Crippen molar-refractivity contribution in [3.8, 4) is 0 Å². The predicted octanol–water partition coefficient (Wildman–Crippen LogP) is 2.64. The second-order valence-electron chi connectivity index (χ2n) is 5.79. The molecule has 1 N–H and O–H groups in total. The van der Waals surface area contributed by atoms with Gasteiger partial charge in [-0.1, -0.05) is 13.3 Å². The number of likely N-dealkylation sites (tertiary alicyclic amines) is 1. The van der Waals surface area contributed by atoms with Gasteiger partial charge in [0.1, 0.15) is 0 Å². The summed E-state index contributed by atoms with van der Waals surface area (Å²) in [6, 6.07) is 0. The van der Waals surface area contributed by atoms with Crippen molar-refractivity contribution in [2.75, 3.05) is 32.7 Å². The van der Waals surface area contributed by atoms with E-state index in [0.29, 0.717) is 5.41 Å². The Balaban J connectivity index is 1.90. The minimum Gasteiger partial charge on any atom is -0.317 e. The van der Waals surface area contributed by atoms with Crippen molar-refractivity contribution in [2.24, 2.45) is 5.41 Å². The van der Waals surface area contributed by atoms with Crippen LogP contribution in [0.2, 0.25) is 0 Å². The van der Waals surface area contributed by atoms with Crippen LogP contribution in [-0.2, 0) is 0 Å². The topological polar surface area (TPSA) is 15.3 Å². The average Bonchev–Trinajstić information content (AvgIpc) is 2.57. The highest BCUT2D eigenvalue weighted by atomic mass is 15.1. The first-order valence-corrected chi connectivity index (χ1v) is 7.28. The Labute approximate surface area is 101 Å². The zero-order valence-corrected chi connectivity index (χ0v) is 10.9. The molecule has 0 spiro atoms. The van der Waals surface area contributed by atoms with Gasteiger partial charge >= 0.3 is 0 Å². The highest BCUT2D eigenvalue weighted by Gasteiger charge is 2.31. The van der Waals surface area contributed by atoms with Crippen LogP contribution < -0.4 is 5.32 Å². The molecule has 2 rings (SSSR count). The van der Waals surface area contributed by atoms with Gasteiger partial charge in [0.15, 0.2) is 0 Å². The van der Waals surface area contributed by atoms with Crippen LogP contribution in [0.1, 0.15) is 51.9 Å². The zero-order chi connectivity index (χ0) is 11.3. The van der Waals surface area contributed by atoms with Crippen LogP contribution in [0.15, 0.2) is 0 Å². The van der Waals surface area contributed by atoms with Crippen molar-refractivity contribution in [1.29, 1.82) is 0 Å². The smallest absolute Gasteiger partial charge is 0.00384 e. The van der Waals surface area contributed by atoms with Gasteiger partial charge in [0.2, 0.25) is 0 Å². The zero-order valence-electron chi connectivity index (χ0n) is 10.9. The summed E-state index contributed by atoms with van der Waals surface area (Å²) in [6.45, 7) is 8.95. The van der Waals surface area contributed by atoms with E-state index in [1.165, 1.54) is 77.7 Å². The van der Waals surface area contributed by atoms with E-state index in [1.807, 2.05) is 0 Å². The Bertz CT molecular complexity index is 189. The van der Waals surface area contributed by atoms with E-state index < -0.39 is 0 Å². The summed E-state index contributed by atoms with van der Waals surface area (Å²) in [4.78, 5) is 2.73. The van der Waals surface area contributed by atoms with Crippen LogP contribution in [0.5, 0.6) is 0 Å². The first-order chi connectivity index (χ1) is 7.85. The molecule has 94 valence electrons. The fraction of sp³-hybridized carbons (Fsp3) is 1.00. The average molecular weight is 224 g/mol. The van der Waals surface area contributed by atoms with Crippen molar-refractivity contribution in [3.05, 3.63) is 0 Å². The molecule has 16 heavy (non-hydrogen) atoms. The number of piperidine rings is 1. The molecule has 1 unspecified atom stereocenters. The molecule has 1 atom stereocenters. The van der Waals surface area contributed by atoms with Crippen LogP contribution in [0.3, 0.4) is 0 Å². The van der Waals surface area contributed by atoms with E-state index in [1.54, 1.807) is 0 Å². The van der Waals surface area contributed by atoms with Gasteiger partial charge in [-0.15, -0.1) is 0 Å². The molecule has 0 bridgehead atoms. The standard InChI is InChI=1S/C14H28N2/c1-2-14(7-6-9-15-10-8-14)13-16-11-4-3-5-12-16/h15H,2-13H2,1H3. The van der Waals surface area contributed by atoms with Crippen molar-refractivity contribution >= 4 is 0 Å². The van der Waals surface area contributed by atoms with E-state index in [-0.39, 0.29) is 0 Å². The van der Waals surface area contributed by atoms with Crippen LogP contribution >= 0.6 is 0 Å². The van der Waals surface area contributed by atoms with Gasteiger partial charge in [0.05, 0.1) is 0 Å². The van der Waals surface area contributed by atoms with Gasteiger partial charge in [-0.25, -0.2) is 0 Å². The summed E-state index contributed by atoms with van der Waals surface area (Å²) in [5.41, 5.74) is 0.626. The molecule has 2 heterocycles. The molecular formula is C14H28N2. The largest absolute Gasteiger partial charge is 0.317 e. The van der Waals surface area contributed by atoms with Crippen molar-refractivity contribution < 1.29 is 0 Å². The minimum atomic E-state index is 0.626. The van der Waals surface area contributed by atoms with Crippen LogP contribution in [0.4, 0.5) is 0 Å². The number of nitrogens with one attached hydrogen (secondary N) is 1. The van der Waals surface area contributed by atoms with Crippen molar-refractivity contribution in [3.63, 3.8) is 0 Å². The predicted molar refractivity (Wildman–Crippen MR) is 69.7 cm³/mol. The summed E-state index contributed by atoms with van der Waals surface area (Å²) in [5.74, 6) is 0. The van der Waals surface area contributed by atoms with E-state index in [0.717, 1.165) is 0 Å². The maximum atomic E-state index is 3.56. The van der Waals surface area contributed by atoms with Crippen LogP contribution in [0.25, 0.3) is 0 Å². The second kappa shape index (κ2) is 6.02. The van der Waals surface area contributed by atoms with Crippen LogP contribution in [-0.4, -0.2) is 37.6 Å². The summed E-state index contributed by atoms with van der Waals surface area (Å²) < 4.78 is 0. The quantitative estimate of drug-likeness (QED) is 0.793. The SMILES string of the molecule is CCC1(CN2CCCCC2)CCCNCC1. The van der Waals surface area contributed by atoms with Gasteiger partial charge in [-0.2, -0.15) is 0 Å². The highest BCUT2D eigenvalue weighted by molar-refractivity contribution is 4.85. The van der Waals surface area contributed by atoms with Gasteiger partial charge in [0, 0.05) is 6.54 Å². The molecule has 0 saturated carbocycles. The Hall–Kier alpha value is -0.0800. The van der Waals surface area contributed by atoms with Crippen molar-refractivity contribution in [2.45, 2.75) is 51.9 Å². The molecule has 0 aromatic heterocycles. The van der Waals surface area contributed by atoms with Gasteiger partial charge in [0.25, 0.3) is 0 Å². The molecule has 2 aliphatic heterocycles. The fourth-order valence-corrected chi connectivity index (χ4v) is 3.41. The minimum absolute atomic E-state index is 0.626. The van der Waals surface area contributed by atoms with E-state index in [9.17, 15) is 0 Å². The van der Waals surface area contributed by atoms with E-state index in [4.69, 9.17) is 0 Å². The molecule has 2 saturated heterocycles. The molecule has 2 heteroatoms. The molecule has 0 aliphatic carbocycles. The lowest BCUT2D eigenvalue weighted by Gasteiger charge is -2.38. The normalized spacial score (nSPS) is 33.6. The summed E-state index contributed by atoms with van der Waals surface area (Å²) in [5, 5.41) is 3.56. The molecule has 0 amide bonds. The Morgan fingerprint density at radius 3 is 2.56 bits per heavy atom. The summed E-state index contributed by atoms with van der Waals surface area (Å²) in [7, 11) is 0. The lowest BCUT2D eigenvalue weighted by atomic mass is 9.77. The molecule has 2 nitrogen and oxygen atoms in total. The Morgan fingerprint density at radius 1 is 1.00 bits per heavy atom. The molecule has 0 aromatic rings. The second-order valence-corrected chi connectivity index (χ2v) is 5.79. The maximum absolute atomic E-state index is 3.56. The summed E-state index contributed by atoms with van der Waals surface area (Å²) in [6.07, 6.45) is 9.88. The number of nitrogens with zero attached hydrogens (tertiary/aromatic N) is 1. The monoisotopic (exact) mass is 224 g/mol. The highest BCUT2D eigenvalue weighted by Crippen LogP contribution is 2.34. The van der Waals surface area contributed by atoms with Crippen molar-refractivity contribution in [1.82, 2.24) is 10.2 Å². The number of hydrogen-bond acceptors (Lipinski definition) is 2. The third-order valence-corrected chi connectivity index (χ3v) is 4.65. The lowest BCUT2D eigenvalue weighted by Crippen LogP contribution is -2.40. The lowest BCUT2D eigenvalue weighted by molar-refractivity contribution is 0.111. The third kappa shape index (κ3) is 3.21. The summed E-state index contributed by atoms with van der Waals surface area (Å²) >= 11 is 0. The molecule has 2 aliphatic rings. The van der Waals surface area contributed by atoms with E-state index >= 15 is 0 Å². The molecule has 0 radical (unpaired) electrons. The Kier molecular flexibility index (Phi) is 4.66. The van der Waals surface area contributed by atoms with E-state index in [2.05, 4.69) is 17.1 Å². The van der Waals surface area contributed by atoms with Crippen LogP contribution in [0, 0.1) is 5.41 Å². The molecule has 2 fully saturated rings. The first-order valence-electron chi connectivity index (χ1n) is 7.28. The molecule has 0 aromatic carbocycles. The van der Waals surface area contributed by atoms with Gasteiger partial charge in [-0.3, -0.25) is 0 Å². The first kappa shape index (κ1) is 12.4. The fourth-order valence-electron chi connectivity index (χ4n) is 3.41. The third-order valence-electron chi connectivity index (χ3n) is 4.65. The number of hydrogen-bond donors (Lipinski definition) is 1. The van der Waals surface area contributed by atoms with Gasteiger partial charge < -0.3 is 10.2 Å². The Morgan fingerprint density at radius 2 is 1.81 bits per heavy atom.